The Morgan fingerprint density at radius 3 is 1.35 bits per heavy atom. The van der Waals surface area contributed by atoms with Crippen LogP contribution in [-0.2, 0) is 14.3 Å². The van der Waals surface area contributed by atoms with Crippen molar-refractivity contribution in [2.75, 3.05) is 40.5 Å². The van der Waals surface area contributed by atoms with Gasteiger partial charge >= 0.3 is 5.97 Å². The molecule has 0 aliphatic carbocycles. The summed E-state index contributed by atoms with van der Waals surface area (Å²) in [5.41, 5.74) is 11.2. The molecule has 0 aliphatic rings. The van der Waals surface area contributed by atoms with E-state index in [1.165, 1.54) is 25.4 Å². The van der Waals surface area contributed by atoms with E-state index in [0.717, 1.165) is 142 Å². The number of aromatic nitrogens is 8. The summed E-state index contributed by atoms with van der Waals surface area (Å²) < 4.78 is 10.6. The molecule has 12 rings (SSSR count). The van der Waals surface area contributed by atoms with Gasteiger partial charge in [0.15, 0.2) is 20.5 Å². The maximum atomic E-state index is 11.4. The highest BCUT2D eigenvalue weighted by molar-refractivity contribution is 9.10. The minimum absolute atomic E-state index is 0.0836. The summed E-state index contributed by atoms with van der Waals surface area (Å²) >= 11 is 9.74. The van der Waals surface area contributed by atoms with E-state index in [0.29, 0.717) is 24.6 Å². The minimum Gasteiger partial charge on any atom is -0.466 e. The number of benzene rings is 4. The van der Waals surface area contributed by atoms with E-state index < -0.39 is 0 Å². The first-order valence-corrected chi connectivity index (χ1v) is 33.2. The van der Waals surface area contributed by atoms with Crippen molar-refractivity contribution >= 4 is 152 Å². The summed E-state index contributed by atoms with van der Waals surface area (Å²) in [5, 5.41) is 15.1. The molecule has 22 heteroatoms. The third kappa shape index (κ3) is 21.8. The molecule has 5 N–H and O–H groups in total. The van der Waals surface area contributed by atoms with E-state index in [9.17, 15) is 9.59 Å². The van der Waals surface area contributed by atoms with E-state index in [4.69, 9.17) is 25.6 Å². The Morgan fingerprint density at radius 2 is 0.920 bits per heavy atom. The minimum atomic E-state index is -0.313. The van der Waals surface area contributed by atoms with E-state index in [1.807, 2.05) is 165 Å². The summed E-state index contributed by atoms with van der Waals surface area (Å²) in [6.45, 7) is 4.05. The molecule has 8 heterocycles. The van der Waals surface area contributed by atoms with Crippen LogP contribution >= 0.6 is 61.3 Å². The number of pyridine rings is 4. The van der Waals surface area contributed by atoms with Gasteiger partial charge in [0.05, 0.1) is 47.5 Å². The molecule has 0 unspecified atom stereocenters. The largest absolute Gasteiger partial charge is 0.466 e. The highest BCUT2D eigenvalue weighted by Crippen LogP contribution is 2.35. The lowest BCUT2D eigenvalue weighted by atomic mass is 10.1. The first-order chi connectivity index (χ1) is 43.2. The number of nitrogens with one attached hydrogen (secondary N) is 2. The van der Waals surface area contributed by atoms with Gasteiger partial charge in [-0.05, 0) is 146 Å². The SMILES string of the molecule is Brc1ccccn1.CCOC(=O)CCCCCCCN(c1ccccn1)c1nc2ccccc2s1.Nc1nc2ccccc2s1.O=C(CCCCCCCN(c1ccccn1)c1nc2ccccc2s1)NO.c1ccc(Nc2nc3ccccc3s2)nc1. The van der Waals surface area contributed by atoms with Crippen molar-refractivity contribution in [3.05, 3.63) is 199 Å². The highest BCUT2D eigenvalue weighted by Gasteiger charge is 2.17. The first kappa shape index (κ1) is 65.6. The lowest BCUT2D eigenvalue weighted by Crippen LogP contribution is -2.19. The monoisotopic (exact) mass is 1320 g/mol. The van der Waals surface area contributed by atoms with Gasteiger partial charge < -0.3 is 25.6 Å². The second-order valence-corrected chi connectivity index (χ2v) is 24.4. The Labute approximate surface area is 536 Å². The molecule has 12 aromatic rings. The van der Waals surface area contributed by atoms with Gasteiger partial charge in [0.2, 0.25) is 5.91 Å². The van der Waals surface area contributed by atoms with E-state index in [1.54, 1.807) is 51.9 Å². The summed E-state index contributed by atoms with van der Waals surface area (Å²) in [5.74, 6) is 2.27. The van der Waals surface area contributed by atoms with Crippen LogP contribution in [0.25, 0.3) is 40.9 Å². The predicted octanol–water partition coefficient (Wildman–Crippen LogP) is 17.6. The summed E-state index contributed by atoms with van der Waals surface area (Å²) in [6, 6.07) is 55.8. The van der Waals surface area contributed by atoms with Crippen LogP contribution in [0.5, 0.6) is 0 Å². The smallest absolute Gasteiger partial charge is 0.305 e. The Balaban J connectivity index is 0.000000153. The predicted molar refractivity (Wildman–Crippen MR) is 367 cm³/mol. The third-order valence-corrected chi connectivity index (χ3v) is 17.4. The van der Waals surface area contributed by atoms with Crippen LogP contribution in [0.15, 0.2) is 199 Å². The van der Waals surface area contributed by atoms with Gasteiger partial charge in [-0.2, -0.15) is 0 Å². The number of nitrogen functional groups attached to an aromatic ring is 1. The third-order valence-electron chi connectivity index (χ3n) is 13.0. The number of fused-ring (bicyclic) bond motifs is 4. The molecule has 8 aromatic heterocycles. The molecule has 0 bridgehead atoms. The van der Waals surface area contributed by atoms with Crippen LogP contribution in [0, 0.1) is 0 Å². The Bertz CT molecular complexity index is 3810. The molecule has 4 aromatic carbocycles. The van der Waals surface area contributed by atoms with Crippen molar-refractivity contribution < 1.29 is 19.5 Å². The molecule has 0 saturated carbocycles. The number of anilines is 7. The van der Waals surface area contributed by atoms with Crippen LogP contribution in [-0.4, -0.2) is 76.7 Å². The van der Waals surface area contributed by atoms with Crippen molar-refractivity contribution in [1.29, 1.82) is 0 Å². The summed E-state index contributed by atoms with van der Waals surface area (Å²) in [4.78, 5) is 62.1. The van der Waals surface area contributed by atoms with Crippen molar-refractivity contribution in [2.45, 2.75) is 84.0 Å². The molecule has 0 aliphatic heterocycles. The topological polar surface area (TPSA) is 223 Å². The normalized spacial score (nSPS) is 10.6. The number of esters is 1. The second kappa shape index (κ2) is 36.7. The molecule has 0 atom stereocenters. The molecule has 0 spiro atoms. The van der Waals surface area contributed by atoms with Crippen LogP contribution < -0.4 is 26.3 Å². The summed E-state index contributed by atoms with van der Waals surface area (Å²) in [7, 11) is 0. The van der Waals surface area contributed by atoms with E-state index in [2.05, 4.69) is 85.2 Å². The number of rotatable bonds is 23. The van der Waals surface area contributed by atoms with E-state index >= 15 is 0 Å². The molecule has 1 amide bonds. The number of para-hydroxylation sites is 4. The van der Waals surface area contributed by atoms with Crippen LogP contribution in [0.1, 0.15) is 84.0 Å². The maximum absolute atomic E-state index is 11.4. The van der Waals surface area contributed by atoms with Gasteiger partial charge in [-0.3, -0.25) is 14.8 Å². The number of thiazole rings is 4. The van der Waals surface area contributed by atoms with Gasteiger partial charge in [-0.1, -0.05) is 157 Å². The number of unbranched alkanes of at least 4 members (excludes halogenated alkanes) is 8. The first-order valence-electron chi connectivity index (χ1n) is 29.1. The van der Waals surface area contributed by atoms with Crippen molar-refractivity contribution in [3.63, 3.8) is 0 Å². The van der Waals surface area contributed by atoms with Gasteiger partial charge in [0.1, 0.15) is 22.1 Å². The van der Waals surface area contributed by atoms with Gasteiger partial charge in [-0.25, -0.2) is 45.4 Å². The maximum Gasteiger partial charge on any atom is 0.305 e. The van der Waals surface area contributed by atoms with Crippen molar-refractivity contribution in [3.8, 4) is 0 Å². The van der Waals surface area contributed by atoms with Crippen LogP contribution in [0.3, 0.4) is 0 Å². The number of ether oxygens (including phenoxy) is 1. The van der Waals surface area contributed by atoms with Crippen molar-refractivity contribution in [2.24, 2.45) is 0 Å². The average Bonchev–Trinajstić information content (AvgIpc) is 3.66. The van der Waals surface area contributed by atoms with Gasteiger partial charge in [-0.15, -0.1) is 0 Å². The number of carbonyl (C=O) groups is 2. The standard InChI is InChI=1S/C22H27N3O2S.C20H24N4O2S.C12H9N3S.C7H6N2S.C5H4BrN/c1-2-27-21(26)15-6-4-3-5-11-17-25(20-14-9-10-16-23-20)22-24-18-12-7-8-13-19(18)28-22;25-19(23-26)13-4-2-1-3-9-15-24(18-12-7-8-14-21-18)20-22-16-10-5-6-11-17(16)27-20;1-2-6-10-9(5-1)14-12(16-10)15-11-7-3-4-8-13-11;8-7-9-5-3-1-2-4-6(5)10-7;6-5-3-1-2-4-7-5/h7-10,12-14,16H,2-6,11,15,17H2,1H3;5-8,10-12,14,26H,1-4,9,13,15H2,(H,23,25);1-8H,(H,13,14,15);1-4H,(H2,8,9);1-4H. The quantitative estimate of drug-likeness (QED) is 0.0154. The van der Waals surface area contributed by atoms with Crippen molar-refractivity contribution in [1.82, 2.24) is 45.4 Å². The molecule has 0 radical (unpaired) electrons. The number of nitrogens with two attached hydrogens (primary N) is 1. The number of nitrogens with zero attached hydrogens (tertiary/aromatic N) is 10. The Morgan fingerprint density at radius 1 is 0.489 bits per heavy atom. The molecule has 454 valence electrons. The molecule has 0 saturated heterocycles. The molecular formula is C66H70BrN13O4S4. The van der Waals surface area contributed by atoms with E-state index in [-0.39, 0.29) is 11.9 Å². The lowest BCUT2D eigenvalue weighted by Gasteiger charge is -2.20. The number of hydrogen-bond donors (Lipinski definition) is 4. The van der Waals surface area contributed by atoms with Gasteiger partial charge in [0, 0.05) is 50.7 Å². The fraction of sp³-hybridized carbons (Fsp3) is 0.242. The second-order valence-electron chi connectivity index (χ2n) is 19.5. The Hall–Kier alpha value is -8.38. The van der Waals surface area contributed by atoms with Gasteiger partial charge in [0.25, 0.3) is 0 Å². The molecule has 88 heavy (non-hydrogen) atoms. The number of halogens is 1. The zero-order valence-electron chi connectivity index (χ0n) is 48.8. The number of amides is 1. The highest BCUT2D eigenvalue weighted by atomic mass is 79.9. The number of hydroxylamine groups is 1. The number of hydrogen-bond acceptors (Lipinski definition) is 20. The van der Waals surface area contributed by atoms with Crippen LogP contribution in [0.4, 0.5) is 38.0 Å². The fourth-order valence-electron chi connectivity index (χ4n) is 8.74. The fourth-order valence-corrected chi connectivity index (χ4v) is 12.6. The zero-order valence-corrected chi connectivity index (χ0v) is 53.7. The average molecular weight is 1320 g/mol. The lowest BCUT2D eigenvalue weighted by molar-refractivity contribution is -0.143. The van der Waals surface area contributed by atoms with Crippen LogP contribution in [0.2, 0.25) is 0 Å². The summed E-state index contributed by atoms with van der Waals surface area (Å²) in [6.07, 6.45) is 18.3. The molecular weight excluding hydrogens is 1250 g/mol. The Kier molecular flexibility index (Phi) is 27.3. The zero-order chi connectivity index (χ0) is 61.4. The molecule has 0 fully saturated rings. The molecule has 17 nitrogen and oxygen atoms in total. The number of carbonyl (C=O) groups excluding carboxylic acids is 2.